The normalized spacial score (nSPS) is 15.5. The second-order valence-electron chi connectivity index (χ2n) is 12.1. The van der Waals surface area contributed by atoms with Gasteiger partial charge in [0.05, 0.1) is 16.6 Å². The highest BCUT2D eigenvalue weighted by Gasteiger charge is 2.44. The second-order valence-corrected chi connectivity index (χ2v) is 13.9. The summed E-state index contributed by atoms with van der Waals surface area (Å²) in [6, 6.07) is 33.4. The molecule has 1 aliphatic rings. The molecule has 0 bridgehead atoms. The number of carbonyl (C=O) groups excluding carboxylic acids is 1. The SMILES string of the molecule is CCC(C1=C(O)CC(CCc2ccccc2)(CCc2ccccc2)OC1=O)c1ccc2nc(S(=O)(=O)NC)[nH]c2c1-c1ccccc1. The van der Waals surface area contributed by atoms with Gasteiger partial charge in [-0.15, -0.1) is 0 Å². The number of H-pyrrole nitrogens is 1. The predicted octanol–water partition coefficient (Wildman–Crippen LogP) is 7.40. The van der Waals surface area contributed by atoms with Crippen molar-refractivity contribution in [2.45, 2.75) is 62.1 Å². The average Bonchev–Trinajstić information content (AvgIpc) is 3.55. The number of aryl methyl sites for hydroxylation is 2. The molecule has 0 radical (unpaired) electrons. The summed E-state index contributed by atoms with van der Waals surface area (Å²) >= 11 is 0. The lowest BCUT2D eigenvalue weighted by Gasteiger charge is -2.39. The van der Waals surface area contributed by atoms with Crippen molar-refractivity contribution in [2.75, 3.05) is 7.05 Å². The first-order valence-corrected chi connectivity index (χ1v) is 17.5. The lowest BCUT2D eigenvalue weighted by Crippen LogP contribution is -2.42. The minimum Gasteiger partial charge on any atom is -0.512 e. The Balaban J connectivity index is 1.42. The van der Waals surface area contributed by atoms with Crippen molar-refractivity contribution in [3.8, 4) is 11.1 Å². The number of carbonyl (C=O) groups is 1. The lowest BCUT2D eigenvalue weighted by atomic mass is 9.78. The van der Waals surface area contributed by atoms with E-state index in [1.165, 1.54) is 7.05 Å². The van der Waals surface area contributed by atoms with Crippen molar-refractivity contribution in [1.29, 1.82) is 0 Å². The molecule has 242 valence electrons. The number of nitrogens with zero attached hydrogens (tertiary/aromatic N) is 1. The maximum atomic E-state index is 14.2. The first-order chi connectivity index (χ1) is 22.7. The highest BCUT2D eigenvalue weighted by atomic mass is 32.2. The molecule has 1 unspecified atom stereocenters. The van der Waals surface area contributed by atoms with Gasteiger partial charge in [0.2, 0.25) is 5.16 Å². The highest BCUT2D eigenvalue weighted by molar-refractivity contribution is 7.89. The van der Waals surface area contributed by atoms with Crippen molar-refractivity contribution in [3.05, 3.63) is 131 Å². The molecule has 0 fully saturated rings. The van der Waals surface area contributed by atoms with Crippen molar-refractivity contribution in [3.63, 3.8) is 0 Å². The van der Waals surface area contributed by atoms with Gasteiger partial charge in [0.25, 0.3) is 10.0 Å². The summed E-state index contributed by atoms with van der Waals surface area (Å²) in [7, 11) is -2.50. The summed E-state index contributed by atoms with van der Waals surface area (Å²) < 4.78 is 34.1. The molecule has 1 atom stereocenters. The topological polar surface area (TPSA) is 121 Å². The van der Waals surface area contributed by atoms with Gasteiger partial charge < -0.3 is 14.8 Å². The third kappa shape index (κ3) is 6.73. The number of hydrogen-bond acceptors (Lipinski definition) is 6. The van der Waals surface area contributed by atoms with Crippen LogP contribution in [0.1, 0.15) is 55.2 Å². The number of benzene rings is 4. The number of hydrogen-bond donors (Lipinski definition) is 3. The number of aliphatic hydroxyl groups excluding tert-OH is 1. The van der Waals surface area contributed by atoms with Crippen molar-refractivity contribution in [1.82, 2.24) is 14.7 Å². The van der Waals surface area contributed by atoms with Crippen LogP contribution in [-0.4, -0.2) is 42.1 Å². The van der Waals surface area contributed by atoms with Gasteiger partial charge in [0, 0.05) is 17.9 Å². The number of aromatic amines is 1. The van der Waals surface area contributed by atoms with Crippen LogP contribution in [0.5, 0.6) is 0 Å². The van der Waals surface area contributed by atoms with E-state index in [0.717, 1.165) is 27.8 Å². The van der Waals surface area contributed by atoms with Crippen molar-refractivity contribution < 1.29 is 23.1 Å². The Morgan fingerprint density at radius 1 is 0.894 bits per heavy atom. The molecule has 9 heteroatoms. The van der Waals surface area contributed by atoms with E-state index in [9.17, 15) is 18.3 Å². The Hall–Kier alpha value is -4.73. The first-order valence-electron chi connectivity index (χ1n) is 16.0. The molecule has 0 spiro atoms. The number of fused-ring (bicyclic) bond motifs is 1. The molecule has 0 aliphatic carbocycles. The number of sulfonamides is 1. The maximum absolute atomic E-state index is 14.2. The summed E-state index contributed by atoms with van der Waals surface area (Å²) in [6.45, 7) is 1.97. The summed E-state index contributed by atoms with van der Waals surface area (Å²) in [6.07, 6.45) is 3.26. The number of aliphatic hydroxyl groups is 1. The molecule has 6 rings (SSSR count). The first kappa shape index (κ1) is 32.2. The zero-order valence-electron chi connectivity index (χ0n) is 26.6. The molecule has 1 aliphatic heterocycles. The minimum atomic E-state index is -3.84. The molecule has 1 aromatic heterocycles. The molecule has 4 aromatic carbocycles. The monoisotopic (exact) mass is 649 g/mol. The van der Waals surface area contributed by atoms with E-state index in [-0.39, 0.29) is 22.9 Å². The third-order valence-corrected chi connectivity index (χ3v) is 10.4. The summed E-state index contributed by atoms with van der Waals surface area (Å²) in [4.78, 5) is 21.5. The van der Waals surface area contributed by atoms with Gasteiger partial charge in [-0.3, -0.25) is 0 Å². The summed E-state index contributed by atoms with van der Waals surface area (Å²) in [5.74, 6) is -1.00. The molecule has 5 aromatic rings. The van der Waals surface area contributed by atoms with Gasteiger partial charge in [-0.1, -0.05) is 104 Å². The standard InChI is InChI=1S/C38H39N3O5S/c1-3-29(30-19-20-31-35(33(30)28-17-11-6-12-18-28)41-37(40-31)47(44,45)39-2)34-32(42)25-38(46-36(34)43,23-21-26-13-7-4-8-14-26)24-22-27-15-9-5-10-16-27/h4-20,29,39,42H,3,21-25H2,1-2H3,(H,40,41). The van der Waals surface area contributed by atoms with Crippen LogP contribution in [0.4, 0.5) is 0 Å². The van der Waals surface area contributed by atoms with Gasteiger partial charge in [0.15, 0.2) is 0 Å². The Morgan fingerprint density at radius 3 is 2.00 bits per heavy atom. The lowest BCUT2D eigenvalue weighted by molar-refractivity contribution is -0.161. The van der Waals surface area contributed by atoms with Crippen LogP contribution in [0.3, 0.4) is 0 Å². The van der Waals surface area contributed by atoms with Crippen LogP contribution in [0.2, 0.25) is 0 Å². The van der Waals surface area contributed by atoms with E-state index in [2.05, 4.69) is 39.0 Å². The van der Waals surface area contributed by atoms with Gasteiger partial charge in [-0.05, 0) is 67.5 Å². The smallest absolute Gasteiger partial charge is 0.338 e. The Kier molecular flexibility index (Phi) is 9.29. The fraction of sp³-hybridized carbons (Fsp3) is 0.263. The van der Waals surface area contributed by atoms with Crippen LogP contribution < -0.4 is 4.72 Å². The molecule has 0 saturated heterocycles. The Labute approximate surface area is 275 Å². The quantitative estimate of drug-likeness (QED) is 0.121. The number of aromatic nitrogens is 2. The van der Waals surface area contributed by atoms with Gasteiger partial charge >= 0.3 is 5.97 Å². The van der Waals surface area contributed by atoms with Crippen molar-refractivity contribution in [2.24, 2.45) is 0 Å². The molecule has 0 amide bonds. The van der Waals surface area contributed by atoms with E-state index in [1.807, 2.05) is 79.7 Å². The number of ether oxygens (including phenoxy) is 1. The average molecular weight is 650 g/mol. The molecular weight excluding hydrogens is 611 g/mol. The Morgan fingerprint density at radius 2 is 1.47 bits per heavy atom. The predicted molar refractivity (Wildman–Crippen MR) is 183 cm³/mol. The largest absolute Gasteiger partial charge is 0.512 e. The number of nitrogens with one attached hydrogen (secondary N) is 2. The number of imidazole rings is 1. The van der Waals surface area contributed by atoms with E-state index in [4.69, 9.17) is 4.74 Å². The molecule has 8 nitrogen and oxygen atoms in total. The van der Waals surface area contributed by atoms with E-state index < -0.39 is 27.5 Å². The van der Waals surface area contributed by atoms with Crippen LogP contribution in [0, 0.1) is 0 Å². The molecular formula is C38H39N3O5S. The Bertz CT molecular complexity index is 1960. The number of cyclic esters (lactones) is 1. The van der Waals surface area contributed by atoms with E-state index >= 15 is 0 Å². The minimum absolute atomic E-state index is 0.0383. The fourth-order valence-corrected chi connectivity index (χ4v) is 7.32. The zero-order chi connectivity index (χ0) is 33.0. The van der Waals surface area contributed by atoms with Crippen LogP contribution in [0.25, 0.3) is 22.2 Å². The highest BCUT2D eigenvalue weighted by Crippen LogP contribution is 2.45. The second kappa shape index (κ2) is 13.6. The molecule has 0 saturated carbocycles. The third-order valence-electron chi connectivity index (χ3n) is 9.14. The molecule has 47 heavy (non-hydrogen) atoms. The summed E-state index contributed by atoms with van der Waals surface area (Å²) in [5, 5.41) is 11.6. The summed E-state index contributed by atoms with van der Waals surface area (Å²) in [5.41, 5.74) is 4.97. The van der Waals surface area contributed by atoms with Gasteiger partial charge in [-0.2, -0.15) is 0 Å². The molecule has 2 heterocycles. The van der Waals surface area contributed by atoms with Gasteiger partial charge in [-0.25, -0.2) is 22.9 Å². The van der Waals surface area contributed by atoms with Gasteiger partial charge in [0.1, 0.15) is 11.4 Å². The van der Waals surface area contributed by atoms with Crippen LogP contribution in [0.15, 0.2) is 120 Å². The van der Waals surface area contributed by atoms with Crippen LogP contribution in [-0.2, 0) is 32.4 Å². The van der Waals surface area contributed by atoms with E-state index in [1.54, 1.807) is 6.07 Å². The number of esters is 1. The van der Waals surface area contributed by atoms with E-state index in [0.29, 0.717) is 43.1 Å². The number of rotatable bonds is 12. The molecule has 3 N–H and O–H groups in total. The fourth-order valence-electron chi connectivity index (χ4n) is 6.67. The van der Waals surface area contributed by atoms with Crippen molar-refractivity contribution >= 4 is 27.0 Å². The maximum Gasteiger partial charge on any atom is 0.338 e. The van der Waals surface area contributed by atoms with Crippen LogP contribution >= 0.6 is 0 Å². The zero-order valence-corrected chi connectivity index (χ0v) is 27.4.